The Kier molecular flexibility index (Phi) is 3.07. The minimum Gasteiger partial charge on any atom is -0.475 e. The summed E-state index contributed by atoms with van der Waals surface area (Å²) in [5.74, 6) is 0.749. The summed E-state index contributed by atoms with van der Waals surface area (Å²) in [5, 5.41) is 0. The van der Waals surface area contributed by atoms with Crippen LogP contribution in [0.5, 0.6) is 0 Å². The molecule has 0 aromatic heterocycles. The smallest absolute Gasteiger partial charge is 0.216 e. The van der Waals surface area contributed by atoms with E-state index in [0.29, 0.717) is 6.61 Å². The fourth-order valence-corrected chi connectivity index (χ4v) is 3.00. The molecule has 0 saturated carbocycles. The molecule has 0 saturated heterocycles. The van der Waals surface area contributed by atoms with E-state index in [-0.39, 0.29) is 5.54 Å². The molecular formula is C11H11BrINO. The zero-order valence-corrected chi connectivity index (χ0v) is 12.3. The second kappa shape index (κ2) is 4.05. The van der Waals surface area contributed by atoms with Gasteiger partial charge < -0.3 is 4.74 Å². The first-order valence-electron chi connectivity index (χ1n) is 4.65. The van der Waals surface area contributed by atoms with Crippen LogP contribution in [0.15, 0.2) is 27.7 Å². The summed E-state index contributed by atoms with van der Waals surface area (Å²) in [6.45, 7) is 4.80. The Balaban J connectivity index is 2.39. The van der Waals surface area contributed by atoms with Gasteiger partial charge in [-0.05, 0) is 54.6 Å². The van der Waals surface area contributed by atoms with E-state index in [4.69, 9.17) is 4.74 Å². The monoisotopic (exact) mass is 379 g/mol. The first-order chi connectivity index (χ1) is 6.96. The van der Waals surface area contributed by atoms with Crippen molar-refractivity contribution < 1.29 is 4.74 Å². The summed E-state index contributed by atoms with van der Waals surface area (Å²) in [6.07, 6.45) is 0. The van der Waals surface area contributed by atoms with Gasteiger partial charge in [0.1, 0.15) is 6.61 Å². The number of hydrogen-bond acceptors (Lipinski definition) is 2. The number of ether oxygens (including phenoxy) is 1. The molecule has 1 aliphatic rings. The molecule has 2 nitrogen and oxygen atoms in total. The van der Waals surface area contributed by atoms with Crippen LogP contribution < -0.4 is 0 Å². The van der Waals surface area contributed by atoms with Gasteiger partial charge >= 0.3 is 0 Å². The molecule has 0 N–H and O–H groups in total. The lowest BCUT2D eigenvalue weighted by Gasteiger charge is -2.07. The molecule has 15 heavy (non-hydrogen) atoms. The van der Waals surface area contributed by atoms with Crippen molar-refractivity contribution in [1.29, 1.82) is 0 Å². The average Bonchev–Trinajstić information content (AvgIpc) is 2.44. The van der Waals surface area contributed by atoms with E-state index in [1.165, 1.54) is 3.57 Å². The van der Waals surface area contributed by atoms with Gasteiger partial charge in [-0.1, -0.05) is 15.9 Å². The number of benzene rings is 1. The third-order valence-electron chi connectivity index (χ3n) is 2.08. The van der Waals surface area contributed by atoms with Crippen molar-refractivity contribution >= 4 is 44.4 Å². The molecule has 0 bridgehead atoms. The molecule has 2 rings (SSSR count). The summed E-state index contributed by atoms with van der Waals surface area (Å²) in [7, 11) is 0. The Morgan fingerprint density at radius 2 is 2.13 bits per heavy atom. The Morgan fingerprint density at radius 3 is 2.67 bits per heavy atom. The van der Waals surface area contributed by atoms with E-state index in [0.717, 1.165) is 15.9 Å². The van der Waals surface area contributed by atoms with E-state index in [1.54, 1.807) is 0 Å². The largest absolute Gasteiger partial charge is 0.475 e. The van der Waals surface area contributed by atoms with Gasteiger partial charge in [-0.3, -0.25) is 0 Å². The van der Waals surface area contributed by atoms with Crippen LogP contribution in [0, 0.1) is 3.57 Å². The predicted octanol–water partition coefficient (Wildman–Crippen LogP) is 3.61. The molecule has 0 spiro atoms. The Morgan fingerprint density at radius 1 is 1.40 bits per heavy atom. The van der Waals surface area contributed by atoms with Gasteiger partial charge in [-0.25, -0.2) is 4.99 Å². The highest BCUT2D eigenvalue weighted by Gasteiger charge is 2.27. The molecule has 0 fully saturated rings. The van der Waals surface area contributed by atoms with Gasteiger partial charge in [0.05, 0.1) is 5.54 Å². The van der Waals surface area contributed by atoms with Crippen molar-refractivity contribution in [1.82, 2.24) is 0 Å². The van der Waals surface area contributed by atoms with Crippen molar-refractivity contribution in [3.63, 3.8) is 0 Å². The summed E-state index contributed by atoms with van der Waals surface area (Å²) in [4.78, 5) is 4.54. The fourth-order valence-electron chi connectivity index (χ4n) is 1.41. The van der Waals surface area contributed by atoms with Crippen LogP contribution in [0.1, 0.15) is 19.4 Å². The molecule has 4 heteroatoms. The zero-order valence-electron chi connectivity index (χ0n) is 8.55. The summed E-state index contributed by atoms with van der Waals surface area (Å²) >= 11 is 5.76. The molecule has 1 aromatic rings. The highest BCUT2D eigenvalue weighted by Crippen LogP contribution is 2.24. The van der Waals surface area contributed by atoms with Crippen LogP contribution in [0.3, 0.4) is 0 Å². The molecule has 0 atom stereocenters. The van der Waals surface area contributed by atoms with Crippen molar-refractivity contribution in [3.05, 3.63) is 31.8 Å². The maximum Gasteiger partial charge on any atom is 0.216 e. The van der Waals surface area contributed by atoms with Gasteiger partial charge in [-0.2, -0.15) is 0 Å². The van der Waals surface area contributed by atoms with Crippen molar-refractivity contribution in [3.8, 4) is 0 Å². The lowest BCUT2D eigenvalue weighted by Crippen LogP contribution is -2.17. The zero-order chi connectivity index (χ0) is 11.1. The lowest BCUT2D eigenvalue weighted by molar-refractivity contribution is 0.279. The summed E-state index contributed by atoms with van der Waals surface area (Å²) < 4.78 is 7.82. The molecule has 0 aliphatic carbocycles. The Bertz CT molecular complexity index is 408. The third-order valence-corrected chi connectivity index (χ3v) is 3.16. The van der Waals surface area contributed by atoms with Gasteiger partial charge in [-0.15, -0.1) is 0 Å². The van der Waals surface area contributed by atoms with Gasteiger partial charge in [0.15, 0.2) is 0 Å². The number of nitrogens with zero attached hydrogens (tertiary/aromatic N) is 1. The van der Waals surface area contributed by atoms with Crippen LogP contribution in [0.2, 0.25) is 0 Å². The second-order valence-corrected chi connectivity index (χ2v) is 6.34. The first kappa shape index (κ1) is 11.4. The first-order valence-corrected chi connectivity index (χ1v) is 6.53. The number of hydrogen-bond donors (Lipinski definition) is 0. The van der Waals surface area contributed by atoms with Crippen molar-refractivity contribution in [2.75, 3.05) is 6.61 Å². The Labute approximate surface area is 111 Å². The minimum absolute atomic E-state index is 0.0942. The molecule has 0 unspecified atom stereocenters. The van der Waals surface area contributed by atoms with Crippen LogP contribution in [-0.4, -0.2) is 18.0 Å². The molecule has 0 radical (unpaired) electrons. The standard InChI is InChI=1S/C11H11BrINO/c1-11(2)6-15-10(14-11)7-3-8(12)5-9(13)4-7/h3-5H,6H2,1-2H3. The summed E-state index contributed by atoms with van der Waals surface area (Å²) in [6, 6.07) is 6.17. The van der Waals surface area contributed by atoms with Crippen LogP contribution in [0.4, 0.5) is 0 Å². The minimum atomic E-state index is -0.0942. The highest BCUT2D eigenvalue weighted by molar-refractivity contribution is 14.1. The number of rotatable bonds is 1. The Hall–Kier alpha value is -0.100. The molecule has 0 amide bonds. The highest BCUT2D eigenvalue weighted by atomic mass is 127. The lowest BCUT2D eigenvalue weighted by atomic mass is 10.1. The van der Waals surface area contributed by atoms with Crippen molar-refractivity contribution in [2.24, 2.45) is 4.99 Å². The second-order valence-electron chi connectivity index (χ2n) is 4.18. The topological polar surface area (TPSA) is 21.6 Å². The number of halogens is 2. The van der Waals surface area contributed by atoms with Gasteiger partial charge in [0, 0.05) is 13.6 Å². The molecular weight excluding hydrogens is 369 g/mol. The maximum atomic E-state index is 5.59. The van der Waals surface area contributed by atoms with E-state index in [2.05, 4.69) is 69.5 Å². The predicted molar refractivity (Wildman–Crippen MR) is 73.4 cm³/mol. The summed E-state index contributed by atoms with van der Waals surface area (Å²) in [5.41, 5.74) is 0.947. The van der Waals surface area contributed by atoms with Crippen LogP contribution >= 0.6 is 38.5 Å². The quantitative estimate of drug-likeness (QED) is 0.683. The average molecular weight is 380 g/mol. The number of aliphatic imine (C=N–C) groups is 1. The fraction of sp³-hybridized carbons (Fsp3) is 0.364. The molecule has 80 valence electrons. The van der Waals surface area contributed by atoms with Gasteiger partial charge in [0.25, 0.3) is 0 Å². The van der Waals surface area contributed by atoms with Gasteiger partial charge in [0.2, 0.25) is 5.90 Å². The molecule has 1 heterocycles. The van der Waals surface area contributed by atoms with E-state index in [9.17, 15) is 0 Å². The third kappa shape index (κ3) is 2.72. The van der Waals surface area contributed by atoms with Crippen LogP contribution in [-0.2, 0) is 4.74 Å². The van der Waals surface area contributed by atoms with E-state index >= 15 is 0 Å². The van der Waals surface area contributed by atoms with Crippen LogP contribution in [0.25, 0.3) is 0 Å². The van der Waals surface area contributed by atoms with E-state index < -0.39 is 0 Å². The van der Waals surface area contributed by atoms with Crippen molar-refractivity contribution in [2.45, 2.75) is 19.4 Å². The maximum absolute atomic E-state index is 5.59. The normalized spacial score (nSPS) is 18.5. The molecule has 1 aromatic carbocycles. The molecule has 1 aliphatic heterocycles. The SMILES string of the molecule is CC1(C)COC(c2cc(Br)cc(I)c2)=N1. The van der Waals surface area contributed by atoms with E-state index in [1.807, 2.05) is 6.07 Å².